The third kappa shape index (κ3) is 3.53. The molecular weight excluding hydrogens is 262 g/mol. The van der Waals surface area contributed by atoms with Crippen LogP contribution in [0.15, 0.2) is 35.9 Å². The molecule has 0 saturated carbocycles. The van der Waals surface area contributed by atoms with E-state index in [4.69, 9.17) is 5.26 Å². The van der Waals surface area contributed by atoms with Gasteiger partial charge >= 0.3 is 11.9 Å². The Morgan fingerprint density at radius 3 is 2.15 bits per heavy atom. The van der Waals surface area contributed by atoms with Crippen LogP contribution in [0, 0.1) is 11.3 Å². The number of carbonyl (C=O) groups is 3. The van der Waals surface area contributed by atoms with E-state index in [0.717, 1.165) is 20.3 Å². The maximum atomic E-state index is 12.1. The highest BCUT2D eigenvalue weighted by Gasteiger charge is 2.22. The SMILES string of the molecule is COC(=O)/C=C(\C(=O)OC)C(=O)c1ccc(C#N)cc1. The molecule has 0 aliphatic carbocycles. The number of benzene rings is 1. The molecule has 1 rings (SSSR count). The van der Waals surface area contributed by atoms with E-state index in [1.807, 2.05) is 6.07 Å². The second-order valence-corrected chi connectivity index (χ2v) is 3.59. The van der Waals surface area contributed by atoms with Crippen molar-refractivity contribution in [2.45, 2.75) is 0 Å². The maximum Gasteiger partial charge on any atom is 0.342 e. The molecule has 0 aromatic heterocycles. The molecule has 0 heterocycles. The number of carbonyl (C=O) groups excluding carboxylic acids is 3. The summed E-state index contributed by atoms with van der Waals surface area (Å²) in [6, 6.07) is 7.54. The van der Waals surface area contributed by atoms with Crippen molar-refractivity contribution < 1.29 is 23.9 Å². The molecule has 0 spiro atoms. The zero-order valence-corrected chi connectivity index (χ0v) is 10.9. The summed E-state index contributed by atoms with van der Waals surface area (Å²) in [4.78, 5) is 34.8. The van der Waals surface area contributed by atoms with E-state index < -0.39 is 23.3 Å². The summed E-state index contributed by atoms with van der Waals surface area (Å²) in [5, 5.41) is 8.67. The number of Topliss-reactive ketones (excluding diaryl/α,β-unsaturated/α-hetero) is 1. The quantitative estimate of drug-likeness (QED) is 0.267. The van der Waals surface area contributed by atoms with Crippen LogP contribution in [0.3, 0.4) is 0 Å². The van der Waals surface area contributed by atoms with Crippen LogP contribution in [0.2, 0.25) is 0 Å². The van der Waals surface area contributed by atoms with E-state index in [1.54, 1.807) is 0 Å². The van der Waals surface area contributed by atoms with Crippen LogP contribution >= 0.6 is 0 Å². The highest BCUT2D eigenvalue weighted by Crippen LogP contribution is 2.11. The molecule has 6 nitrogen and oxygen atoms in total. The standard InChI is InChI=1S/C14H11NO5/c1-19-12(16)7-11(14(18)20-2)13(17)10-5-3-9(8-15)4-6-10/h3-7H,1-2H3/b11-7-. The zero-order chi connectivity index (χ0) is 15.1. The van der Waals surface area contributed by atoms with Gasteiger partial charge in [0.2, 0.25) is 5.78 Å². The highest BCUT2D eigenvalue weighted by molar-refractivity contribution is 6.26. The lowest BCUT2D eigenvalue weighted by Crippen LogP contribution is -2.17. The van der Waals surface area contributed by atoms with E-state index in [0.29, 0.717) is 5.56 Å². The molecule has 0 bridgehead atoms. The molecule has 0 aliphatic rings. The predicted molar refractivity (Wildman–Crippen MR) is 67.6 cm³/mol. The first-order valence-corrected chi connectivity index (χ1v) is 5.46. The Kier molecular flexibility index (Phi) is 5.18. The van der Waals surface area contributed by atoms with Gasteiger partial charge in [-0.25, -0.2) is 9.59 Å². The van der Waals surface area contributed by atoms with Crippen molar-refractivity contribution in [3.05, 3.63) is 47.0 Å². The van der Waals surface area contributed by atoms with E-state index in [9.17, 15) is 14.4 Å². The Bertz CT molecular complexity index is 607. The molecule has 0 atom stereocenters. The summed E-state index contributed by atoms with van der Waals surface area (Å²) >= 11 is 0. The molecule has 0 N–H and O–H groups in total. The van der Waals surface area contributed by atoms with Crippen LogP contribution in [0.4, 0.5) is 0 Å². The van der Waals surface area contributed by atoms with Gasteiger partial charge in [0.15, 0.2) is 0 Å². The van der Waals surface area contributed by atoms with Crippen molar-refractivity contribution in [1.82, 2.24) is 0 Å². The van der Waals surface area contributed by atoms with Gasteiger partial charge in [0, 0.05) is 11.6 Å². The third-order valence-electron chi connectivity index (χ3n) is 2.39. The van der Waals surface area contributed by atoms with Gasteiger partial charge in [-0.3, -0.25) is 4.79 Å². The fourth-order valence-corrected chi connectivity index (χ4v) is 1.36. The first-order valence-electron chi connectivity index (χ1n) is 5.46. The minimum absolute atomic E-state index is 0.157. The van der Waals surface area contributed by atoms with Gasteiger partial charge in [0.25, 0.3) is 0 Å². The summed E-state index contributed by atoms with van der Waals surface area (Å²) < 4.78 is 8.84. The third-order valence-corrected chi connectivity index (χ3v) is 2.39. The molecule has 0 saturated heterocycles. The van der Waals surface area contributed by atoms with Crippen LogP contribution < -0.4 is 0 Å². The summed E-state index contributed by atoms with van der Waals surface area (Å²) in [6.07, 6.45) is 0.770. The Labute approximate surface area is 115 Å². The van der Waals surface area contributed by atoms with Crippen molar-refractivity contribution in [3.63, 3.8) is 0 Å². The Hall–Kier alpha value is -2.94. The number of nitriles is 1. The Morgan fingerprint density at radius 2 is 1.70 bits per heavy atom. The number of rotatable bonds is 4. The fraction of sp³-hybridized carbons (Fsp3) is 0.143. The molecule has 102 valence electrons. The van der Waals surface area contributed by atoms with E-state index in [2.05, 4.69) is 9.47 Å². The second-order valence-electron chi connectivity index (χ2n) is 3.59. The molecule has 0 aliphatic heterocycles. The number of esters is 2. The smallest absolute Gasteiger partial charge is 0.342 e. The number of ether oxygens (including phenoxy) is 2. The molecule has 0 fully saturated rings. The van der Waals surface area contributed by atoms with Crippen molar-refractivity contribution in [1.29, 1.82) is 5.26 Å². The molecule has 0 unspecified atom stereocenters. The minimum atomic E-state index is -0.940. The largest absolute Gasteiger partial charge is 0.466 e. The van der Waals surface area contributed by atoms with Crippen LogP contribution in [-0.2, 0) is 19.1 Å². The van der Waals surface area contributed by atoms with Gasteiger partial charge in [-0.1, -0.05) is 0 Å². The number of hydrogen-bond donors (Lipinski definition) is 0. The average molecular weight is 273 g/mol. The monoisotopic (exact) mass is 273 g/mol. The maximum absolute atomic E-state index is 12.1. The first kappa shape index (κ1) is 15.1. The van der Waals surface area contributed by atoms with Gasteiger partial charge in [0.1, 0.15) is 5.57 Å². The van der Waals surface area contributed by atoms with Crippen molar-refractivity contribution >= 4 is 17.7 Å². The van der Waals surface area contributed by atoms with Gasteiger partial charge in [-0.2, -0.15) is 5.26 Å². The molecule has 0 amide bonds. The van der Waals surface area contributed by atoms with Gasteiger partial charge in [-0.15, -0.1) is 0 Å². The minimum Gasteiger partial charge on any atom is -0.466 e. The Morgan fingerprint density at radius 1 is 1.10 bits per heavy atom. The number of methoxy groups -OCH3 is 2. The summed E-state index contributed by atoms with van der Waals surface area (Å²) in [5.41, 5.74) is 0.0896. The van der Waals surface area contributed by atoms with E-state index in [-0.39, 0.29) is 5.56 Å². The molecule has 0 radical (unpaired) electrons. The van der Waals surface area contributed by atoms with Crippen LogP contribution in [0.1, 0.15) is 15.9 Å². The van der Waals surface area contributed by atoms with Gasteiger partial charge < -0.3 is 9.47 Å². The lowest BCUT2D eigenvalue weighted by Gasteiger charge is -2.04. The lowest BCUT2D eigenvalue weighted by molar-refractivity contribution is -0.138. The second kappa shape index (κ2) is 6.85. The lowest BCUT2D eigenvalue weighted by atomic mass is 10.0. The first-order chi connectivity index (χ1) is 9.53. The number of nitrogens with zero attached hydrogens (tertiary/aromatic N) is 1. The molecule has 6 heteroatoms. The number of ketones is 1. The molecular formula is C14H11NO5. The molecule has 20 heavy (non-hydrogen) atoms. The summed E-state index contributed by atoms with van der Waals surface area (Å²) in [7, 11) is 2.22. The zero-order valence-electron chi connectivity index (χ0n) is 10.9. The van der Waals surface area contributed by atoms with Gasteiger partial charge in [0.05, 0.1) is 25.9 Å². The normalized spacial score (nSPS) is 10.3. The van der Waals surface area contributed by atoms with Crippen molar-refractivity contribution in [2.75, 3.05) is 14.2 Å². The fourth-order valence-electron chi connectivity index (χ4n) is 1.36. The average Bonchev–Trinajstić information content (AvgIpc) is 2.50. The molecule has 1 aromatic carbocycles. The topological polar surface area (TPSA) is 93.5 Å². The van der Waals surface area contributed by atoms with Crippen LogP contribution in [0.25, 0.3) is 0 Å². The van der Waals surface area contributed by atoms with Gasteiger partial charge in [-0.05, 0) is 24.3 Å². The highest BCUT2D eigenvalue weighted by atomic mass is 16.5. The number of hydrogen-bond acceptors (Lipinski definition) is 6. The van der Waals surface area contributed by atoms with Crippen molar-refractivity contribution in [2.24, 2.45) is 0 Å². The Balaban J connectivity index is 3.17. The van der Waals surface area contributed by atoms with E-state index >= 15 is 0 Å². The van der Waals surface area contributed by atoms with Crippen molar-refractivity contribution in [3.8, 4) is 6.07 Å². The summed E-state index contributed by atoms with van der Waals surface area (Å²) in [5.74, 6) is -2.47. The van der Waals surface area contributed by atoms with Crippen LogP contribution in [0.5, 0.6) is 0 Å². The molecule has 1 aromatic rings. The van der Waals surface area contributed by atoms with Crippen LogP contribution in [-0.4, -0.2) is 31.9 Å². The summed E-state index contributed by atoms with van der Waals surface area (Å²) in [6.45, 7) is 0. The predicted octanol–water partition coefficient (Wildman–Crippen LogP) is 1.01. The van der Waals surface area contributed by atoms with E-state index in [1.165, 1.54) is 24.3 Å².